The van der Waals surface area contributed by atoms with Gasteiger partial charge in [-0.25, -0.2) is 10.8 Å². The fourth-order valence-electron chi connectivity index (χ4n) is 2.02. The average Bonchev–Trinajstić information content (AvgIpc) is 2.45. The van der Waals surface area contributed by atoms with Gasteiger partial charge in [-0.05, 0) is 24.8 Å². The van der Waals surface area contributed by atoms with Crippen molar-refractivity contribution in [2.45, 2.75) is 12.8 Å². The van der Waals surface area contributed by atoms with Gasteiger partial charge in [0.1, 0.15) is 5.82 Å². The van der Waals surface area contributed by atoms with Crippen LogP contribution in [0.5, 0.6) is 0 Å². The largest absolute Gasteiger partial charge is 0.381 e. The van der Waals surface area contributed by atoms with E-state index in [9.17, 15) is 10.1 Å². The molecule has 0 aromatic carbocycles. The number of hydrogen-bond donors (Lipinski definition) is 3. The van der Waals surface area contributed by atoms with Crippen LogP contribution in [-0.2, 0) is 4.74 Å². The molecule has 1 fully saturated rings. The molecule has 1 aliphatic heterocycles. The Morgan fingerprint density at radius 1 is 1.58 bits per heavy atom. The summed E-state index contributed by atoms with van der Waals surface area (Å²) in [7, 11) is 0. The molecular weight excluding hydrogens is 250 g/mol. The van der Waals surface area contributed by atoms with E-state index in [1.807, 2.05) is 0 Å². The van der Waals surface area contributed by atoms with E-state index in [4.69, 9.17) is 10.6 Å². The highest BCUT2D eigenvalue weighted by Crippen LogP contribution is 2.24. The Morgan fingerprint density at radius 3 is 3.05 bits per heavy atom. The van der Waals surface area contributed by atoms with Crippen molar-refractivity contribution in [2.75, 3.05) is 30.5 Å². The zero-order valence-electron chi connectivity index (χ0n) is 10.5. The second kappa shape index (κ2) is 6.30. The minimum Gasteiger partial charge on any atom is -0.381 e. The number of nitrogens with one attached hydrogen (secondary N) is 2. The summed E-state index contributed by atoms with van der Waals surface area (Å²) in [5.41, 5.74) is 2.31. The normalized spacial score (nSPS) is 18.9. The van der Waals surface area contributed by atoms with Gasteiger partial charge < -0.3 is 15.5 Å². The first-order valence-electron chi connectivity index (χ1n) is 6.14. The number of hydrogen-bond acceptors (Lipinski definition) is 7. The zero-order chi connectivity index (χ0) is 13.7. The third-order valence-electron chi connectivity index (χ3n) is 3.03. The van der Waals surface area contributed by atoms with Crippen molar-refractivity contribution in [1.82, 2.24) is 4.98 Å². The Kier molecular flexibility index (Phi) is 4.48. The molecule has 4 N–H and O–H groups in total. The lowest BCUT2D eigenvalue weighted by Gasteiger charge is -2.22. The maximum absolute atomic E-state index is 10.9. The molecule has 19 heavy (non-hydrogen) atoms. The van der Waals surface area contributed by atoms with Crippen LogP contribution in [0, 0.1) is 16.0 Å². The highest BCUT2D eigenvalue weighted by atomic mass is 16.6. The monoisotopic (exact) mass is 267 g/mol. The van der Waals surface area contributed by atoms with Crippen LogP contribution in [0.1, 0.15) is 12.8 Å². The molecule has 2 rings (SSSR count). The second-order valence-electron chi connectivity index (χ2n) is 4.43. The Labute approximate surface area is 110 Å². The van der Waals surface area contributed by atoms with Gasteiger partial charge in [0.25, 0.3) is 0 Å². The first-order valence-corrected chi connectivity index (χ1v) is 6.14. The summed E-state index contributed by atoms with van der Waals surface area (Å²) < 4.78 is 5.37. The van der Waals surface area contributed by atoms with Crippen LogP contribution in [0.4, 0.5) is 17.3 Å². The Bertz CT molecular complexity index is 448. The third kappa shape index (κ3) is 3.52. The number of ether oxygens (including phenoxy) is 1. The van der Waals surface area contributed by atoms with Gasteiger partial charge in [-0.15, -0.1) is 0 Å². The third-order valence-corrected chi connectivity index (χ3v) is 3.03. The Morgan fingerprint density at radius 2 is 2.42 bits per heavy atom. The van der Waals surface area contributed by atoms with Gasteiger partial charge in [0.15, 0.2) is 0 Å². The number of nitrogens with zero attached hydrogens (tertiary/aromatic N) is 2. The van der Waals surface area contributed by atoms with E-state index in [2.05, 4.69) is 15.7 Å². The molecule has 0 amide bonds. The number of hydrazine groups is 1. The van der Waals surface area contributed by atoms with Gasteiger partial charge in [-0.1, -0.05) is 0 Å². The number of rotatable bonds is 5. The van der Waals surface area contributed by atoms with E-state index in [1.165, 1.54) is 12.1 Å². The Balaban J connectivity index is 2.06. The zero-order valence-corrected chi connectivity index (χ0v) is 10.5. The molecule has 0 saturated carbocycles. The lowest BCUT2D eigenvalue weighted by molar-refractivity contribution is -0.384. The molecule has 1 saturated heterocycles. The summed E-state index contributed by atoms with van der Waals surface area (Å²) >= 11 is 0. The number of anilines is 2. The van der Waals surface area contributed by atoms with Crippen LogP contribution in [0.15, 0.2) is 12.1 Å². The second-order valence-corrected chi connectivity index (χ2v) is 4.43. The average molecular weight is 267 g/mol. The van der Waals surface area contributed by atoms with Crippen molar-refractivity contribution >= 4 is 17.3 Å². The van der Waals surface area contributed by atoms with Crippen LogP contribution >= 0.6 is 0 Å². The predicted molar refractivity (Wildman–Crippen MR) is 70.7 cm³/mol. The van der Waals surface area contributed by atoms with Crippen molar-refractivity contribution in [3.8, 4) is 0 Å². The summed E-state index contributed by atoms with van der Waals surface area (Å²) in [5.74, 6) is 6.22. The van der Waals surface area contributed by atoms with Gasteiger partial charge in [0.05, 0.1) is 11.5 Å². The molecular formula is C11H17N5O3. The fourth-order valence-corrected chi connectivity index (χ4v) is 2.02. The lowest BCUT2D eigenvalue weighted by atomic mass is 10.0. The van der Waals surface area contributed by atoms with Gasteiger partial charge >= 0.3 is 5.69 Å². The first kappa shape index (κ1) is 13.5. The number of nitrogen functional groups attached to an aromatic ring is 1. The quantitative estimate of drug-likeness (QED) is 0.416. The minimum absolute atomic E-state index is 0.0595. The molecule has 8 heteroatoms. The summed E-state index contributed by atoms with van der Waals surface area (Å²) in [6.07, 6.45) is 2.07. The van der Waals surface area contributed by atoms with Crippen molar-refractivity contribution in [1.29, 1.82) is 0 Å². The lowest BCUT2D eigenvalue weighted by Crippen LogP contribution is -2.25. The number of aromatic nitrogens is 1. The molecule has 0 radical (unpaired) electrons. The van der Waals surface area contributed by atoms with Crippen LogP contribution in [-0.4, -0.2) is 29.7 Å². The SMILES string of the molecule is NNc1ccc([N+](=O)[O-])c(NCC2CCCOC2)n1. The maximum atomic E-state index is 10.9. The predicted octanol–water partition coefficient (Wildman–Crippen LogP) is 1.11. The van der Waals surface area contributed by atoms with Crippen molar-refractivity contribution in [2.24, 2.45) is 11.8 Å². The Hall–Kier alpha value is -1.93. The number of pyridine rings is 1. The van der Waals surface area contributed by atoms with E-state index in [0.717, 1.165) is 19.4 Å². The maximum Gasteiger partial charge on any atom is 0.311 e. The number of nitrogens with two attached hydrogens (primary N) is 1. The minimum atomic E-state index is -0.465. The molecule has 1 aliphatic rings. The number of nitro groups is 1. The molecule has 0 aliphatic carbocycles. The summed E-state index contributed by atoms with van der Waals surface area (Å²) in [6.45, 7) is 2.07. The standard InChI is InChI=1S/C11H17N5O3/c12-15-10-4-3-9(16(17)18)11(14-10)13-6-8-2-1-5-19-7-8/h3-4,8H,1-2,5-7,12H2,(H2,13,14,15). The topological polar surface area (TPSA) is 115 Å². The van der Waals surface area contributed by atoms with Crippen LogP contribution < -0.4 is 16.6 Å². The van der Waals surface area contributed by atoms with Crippen molar-refractivity contribution in [3.05, 3.63) is 22.2 Å². The summed E-state index contributed by atoms with van der Waals surface area (Å²) in [6, 6.07) is 2.84. The summed E-state index contributed by atoms with van der Waals surface area (Å²) in [5, 5.41) is 13.9. The van der Waals surface area contributed by atoms with E-state index in [-0.39, 0.29) is 11.5 Å². The highest BCUT2D eigenvalue weighted by molar-refractivity contribution is 5.59. The molecule has 1 atom stereocenters. The van der Waals surface area contributed by atoms with Crippen LogP contribution in [0.25, 0.3) is 0 Å². The molecule has 8 nitrogen and oxygen atoms in total. The molecule has 0 spiro atoms. The smallest absolute Gasteiger partial charge is 0.311 e. The van der Waals surface area contributed by atoms with E-state index in [1.54, 1.807) is 0 Å². The van der Waals surface area contributed by atoms with Crippen molar-refractivity contribution < 1.29 is 9.66 Å². The molecule has 0 bridgehead atoms. The fraction of sp³-hybridized carbons (Fsp3) is 0.545. The molecule has 2 heterocycles. The van der Waals surface area contributed by atoms with Gasteiger partial charge in [0.2, 0.25) is 5.82 Å². The molecule has 1 aromatic heterocycles. The molecule has 1 aromatic rings. The first-order chi connectivity index (χ1) is 9.20. The van der Waals surface area contributed by atoms with E-state index < -0.39 is 4.92 Å². The van der Waals surface area contributed by atoms with Crippen LogP contribution in [0.2, 0.25) is 0 Å². The van der Waals surface area contributed by atoms with Gasteiger partial charge in [-0.2, -0.15) is 0 Å². The van der Waals surface area contributed by atoms with Crippen molar-refractivity contribution in [3.63, 3.8) is 0 Å². The molecule has 1 unspecified atom stereocenters. The van der Waals surface area contributed by atoms with Gasteiger partial charge in [-0.3, -0.25) is 10.1 Å². The van der Waals surface area contributed by atoms with Crippen LogP contribution in [0.3, 0.4) is 0 Å². The van der Waals surface area contributed by atoms with Gasteiger partial charge in [0, 0.05) is 19.2 Å². The van der Waals surface area contributed by atoms with E-state index in [0.29, 0.717) is 24.9 Å². The highest BCUT2D eigenvalue weighted by Gasteiger charge is 2.19. The van der Waals surface area contributed by atoms with E-state index >= 15 is 0 Å². The molecule has 104 valence electrons. The summed E-state index contributed by atoms with van der Waals surface area (Å²) in [4.78, 5) is 14.5.